The molecule has 128 valence electrons. The second kappa shape index (κ2) is 9.30. The second-order valence-corrected chi connectivity index (χ2v) is 6.31. The molecule has 0 aliphatic heterocycles. The van der Waals surface area contributed by atoms with E-state index < -0.39 is 0 Å². The van der Waals surface area contributed by atoms with Gasteiger partial charge in [0, 0.05) is 19.1 Å². The van der Waals surface area contributed by atoms with E-state index in [1.807, 2.05) is 70.0 Å². The summed E-state index contributed by atoms with van der Waals surface area (Å²) in [7, 11) is 1.89. The highest BCUT2D eigenvalue weighted by atomic mass is 16.2. The number of hydrogen-bond acceptors (Lipinski definition) is 2. The van der Waals surface area contributed by atoms with Gasteiger partial charge in [0.1, 0.15) is 0 Å². The van der Waals surface area contributed by atoms with Crippen molar-refractivity contribution in [3.63, 3.8) is 0 Å². The van der Waals surface area contributed by atoms with Crippen molar-refractivity contribution in [3.05, 3.63) is 35.9 Å². The predicted octanol–water partition coefficient (Wildman–Crippen LogP) is 0.463. The van der Waals surface area contributed by atoms with Gasteiger partial charge < -0.3 is 15.1 Å². The Hall–Kier alpha value is -1.88. The van der Waals surface area contributed by atoms with Crippen LogP contribution < -0.4 is 10.2 Å². The smallest absolute Gasteiger partial charge is 0.280 e. The van der Waals surface area contributed by atoms with E-state index in [0.717, 1.165) is 10.5 Å². The van der Waals surface area contributed by atoms with E-state index in [0.29, 0.717) is 19.6 Å². The molecule has 0 aromatic heterocycles. The van der Waals surface area contributed by atoms with Crippen molar-refractivity contribution in [1.29, 1.82) is 0 Å². The van der Waals surface area contributed by atoms with Gasteiger partial charge >= 0.3 is 0 Å². The molecule has 0 saturated heterocycles. The molecule has 0 saturated carbocycles. The molecule has 2 atom stereocenters. The third-order valence-corrected chi connectivity index (χ3v) is 3.91. The lowest BCUT2D eigenvalue weighted by molar-refractivity contribution is -0.886. The van der Waals surface area contributed by atoms with Crippen LogP contribution in [0, 0.1) is 0 Å². The maximum absolute atomic E-state index is 12.7. The van der Waals surface area contributed by atoms with Crippen molar-refractivity contribution in [2.75, 3.05) is 20.1 Å². The summed E-state index contributed by atoms with van der Waals surface area (Å²) in [5.74, 6) is 0.0504. The van der Waals surface area contributed by atoms with Gasteiger partial charge in [0.05, 0.1) is 7.05 Å². The van der Waals surface area contributed by atoms with Crippen LogP contribution in [0.15, 0.2) is 30.3 Å². The predicted molar refractivity (Wildman–Crippen MR) is 92.0 cm³/mol. The SMILES string of the molecule is CCN(Cc1ccccc1)C(=O)[C@H](C)[NH+](C)CC(=O)NC(C)C. The molecular formula is C18H30N3O2+. The average Bonchev–Trinajstić information content (AvgIpc) is 2.51. The average molecular weight is 320 g/mol. The number of carbonyl (C=O) groups excluding carboxylic acids is 2. The third-order valence-electron chi connectivity index (χ3n) is 3.91. The zero-order chi connectivity index (χ0) is 17.4. The number of benzene rings is 1. The summed E-state index contributed by atoms with van der Waals surface area (Å²) < 4.78 is 0. The minimum atomic E-state index is -0.253. The molecule has 5 nitrogen and oxygen atoms in total. The molecule has 2 amide bonds. The highest BCUT2D eigenvalue weighted by Gasteiger charge is 2.27. The third kappa shape index (κ3) is 6.40. The lowest BCUT2D eigenvalue weighted by Gasteiger charge is -2.27. The first kappa shape index (κ1) is 19.2. The first-order chi connectivity index (χ1) is 10.8. The molecule has 23 heavy (non-hydrogen) atoms. The van der Waals surface area contributed by atoms with E-state index >= 15 is 0 Å². The zero-order valence-corrected chi connectivity index (χ0v) is 14.9. The van der Waals surface area contributed by atoms with Gasteiger partial charge in [-0.05, 0) is 33.3 Å². The van der Waals surface area contributed by atoms with Gasteiger partial charge in [-0.3, -0.25) is 9.59 Å². The summed E-state index contributed by atoms with van der Waals surface area (Å²) in [5.41, 5.74) is 1.12. The van der Waals surface area contributed by atoms with Crippen LogP contribution in [0.5, 0.6) is 0 Å². The van der Waals surface area contributed by atoms with Gasteiger partial charge in [0.2, 0.25) is 0 Å². The molecule has 2 N–H and O–H groups in total. The van der Waals surface area contributed by atoms with Crippen LogP contribution in [0.1, 0.15) is 33.3 Å². The number of amides is 2. The summed E-state index contributed by atoms with van der Waals surface area (Å²) in [6.07, 6.45) is 0. The van der Waals surface area contributed by atoms with E-state index in [4.69, 9.17) is 0 Å². The molecule has 0 radical (unpaired) electrons. The number of nitrogens with zero attached hydrogens (tertiary/aromatic N) is 1. The molecule has 1 rings (SSSR count). The molecule has 0 bridgehead atoms. The molecule has 0 spiro atoms. The topological polar surface area (TPSA) is 53.9 Å². The maximum atomic E-state index is 12.7. The van der Waals surface area contributed by atoms with Crippen LogP contribution in [-0.2, 0) is 16.1 Å². The molecule has 1 aromatic carbocycles. The van der Waals surface area contributed by atoms with Crippen LogP contribution in [0.4, 0.5) is 0 Å². The highest BCUT2D eigenvalue weighted by molar-refractivity contribution is 5.81. The summed E-state index contributed by atoms with van der Waals surface area (Å²) in [6.45, 7) is 9.28. The van der Waals surface area contributed by atoms with Crippen LogP contribution in [0.3, 0.4) is 0 Å². The quantitative estimate of drug-likeness (QED) is 0.731. The van der Waals surface area contributed by atoms with E-state index in [1.54, 1.807) is 0 Å². The maximum Gasteiger partial charge on any atom is 0.280 e. The van der Waals surface area contributed by atoms with E-state index in [9.17, 15) is 9.59 Å². The molecule has 1 unspecified atom stereocenters. The second-order valence-electron chi connectivity index (χ2n) is 6.31. The Kier molecular flexibility index (Phi) is 7.75. The van der Waals surface area contributed by atoms with Crippen LogP contribution >= 0.6 is 0 Å². The minimum Gasteiger partial charge on any atom is -0.349 e. The first-order valence-electron chi connectivity index (χ1n) is 8.29. The lowest BCUT2D eigenvalue weighted by Crippen LogP contribution is -3.15. The largest absolute Gasteiger partial charge is 0.349 e. The Morgan fingerprint density at radius 2 is 1.78 bits per heavy atom. The van der Waals surface area contributed by atoms with Gasteiger partial charge in [0.25, 0.3) is 11.8 Å². The van der Waals surface area contributed by atoms with Crippen molar-refractivity contribution in [2.45, 2.75) is 46.3 Å². The van der Waals surface area contributed by atoms with Gasteiger partial charge in [-0.15, -0.1) is 0 Å². The molecular weight excluding hydrogens is 290 g/mol. The fraction of sp³-hybridized carbons (Fsp3) is 0.556. The zero-order valence-electron chi connectivity index (χ0n) is 14.9. The summed E-state index contributed by atoms with van der Waals surface area (Å²) in [6, 6.07) is 9.83. The Bertz CT molecular complexity index is 502. The van der Waals surface area contributed by atoms with Crippen LogP contribution in [0.2, 0.25) is 0 Å². The first-order valence-corrected chi connectivity index (χ1v) is 8.29. The van der Waals surface area contributed by atoms with Gasteiger partial charge in [-0.1, -0.05) is 30.3 Å². The molecule has 1 aromatic rings. The van der Waals surface area contributed by atoms with Gasteiger partial charge in [-0.2, -0.15) is 0 Å². The Morgan fingerprint density at radius 1 is 1.17 bits per heavy atom. The summed E-state index contributed by atoms with van der Waals surface area (Å²) in [4.78, 5) is 27.3. The number of likely N-dealkylation sites (N-methyl/N-ethyl adjacent to an activating group) is 2. The Balaban J connectivity index is 2.63. The number of quaternary nitrogens is 1. The van der Waals surface area contributed by atoms with Crippen molar-refractivity contribution in [1.82, 2.24) is 10.2 Å². The molecule has 0 aliphatic rings. The standard InChI is InChI=1S/C18H29N3O2/c1-6-21(12-16-10-8-7-9-11-16)18(23)15(4)20(5)13-17(22)19-14(2)3/h7-11,14-15H,6,12-13H2,1-5H3,(H,19,22)/p+1/t15-/m0/s1. The fourth-order valence-corrected chi connectivity index (χ4v) is 2.41. The van der Waals surface area contributed by atoms with E-state index in [-0.39, 0.29) is 23.9 Å². The fourth-order valence-electron chi connectivity index (χ4n) is 2.41. The summed E-state index contributed by atoms with van der Waals surface area (Å²) in [5, 5.41) is 2.87. The summed E-state index contributed by atoms with van der Waals surface area (Å²) >= 11 is 0. The highest BCUT2D eigenvalue weighted by Crippen LogP contribution is 2.05. The monoisotopic (exact) mass is 320 g/mol. The molecule has 0 fully saturated rings. The lowest BCUT2D eigenvalue weighted by atomic mass is 10.2. The van der Waals surface area contributed by atoms with Crippen LogP contribution in [0.25, 0.3) is 0 Å². The molecule has 5 heteroatoms. The van der Waals surface area contributed by atoms with E-state index in [2.05, 4.69) is 5.32 Å². The van der Waals surface area contributed by atoms with Crippen molar-refractivity contribution in [2.24, 2.45) is 0 Å². The molecule has 0 heterocycles. The number of rotatable bonds is 8. The number of carbonyl (C=O) groups is 2. The van der Waals surface area contributed by atoms with Crippen molar-refractivity contribution in [3.8, 4) is 0 Å². The minimum absolute atomic E-state index is 0.0248. The normalized spacial score (nSPS) is 13.5. The Labute approximate surface area is 139 Å². The number of hydrogen-bond donors (Lipinski definition) is 2. The van der Waals surface area contributed by atoms with Gasteiger partial charge in [-0.25, -0.2) is 0 Å². The van der Waals surface area contributed by atoms with E-state index in [1.165, 1.54) is 0 Å². The van der Waals surface area contributed by atoms with Crippen LogP contribution in [-0.4, -0.2) is 48.9 Å². The number of nitrogens with one attached hydrogen (secondary N) is 2. The molecule has 0 aliphatic carbocycles. The Morgan fingerprint density at radius 3 is 2.30 bits per heavy atom. The van der Waals surface area contributed by atoms with Crippen molar-refractivity contribution >= 4 is 11.8 Å². The van der Waals surface area contributed by atoms with Crippen molar-refractivity contribution < 1.29 is 14.5 Å². The van der Waals surface area contributed by atoms with Gasteiger partial charge in [0.15, 0.2) is 12.6 Å².